The molecule has 1 aliphatic carbocycles. The van der Waals surface area contributed by atoms with Crippen molar-refractivity contribution in [2.24, 2.45) is 0 Å². The van der Waals surface area contributed by atoms with Crippen molar-refractivity contribution in [3.63, 3.8) is 0 Å². The van der Waals surface area contributed by atoms with Crippen LogP contribution >= 0.6 is 0 Å². The molecule has 0 amide bonds. The van der Waals surface area contributed by atoms with Gasteiger partial charge in [0, 0.05) is 11.7 Å². The van der Waals surface area contributed by atoms with Crippen LogP contribution in [0.3, 0.4) is 0 Å². The van der Waals surface area contributed by atoms with Gasteiger partial charge in [-0.2, -0.15) is 0 Å². The Bertz CT molecular complexity index is 421. The lowest BCUT2D eigenvalue weighted by Gasteiger charge is -2.19. The molecule has 0 spiro atoms. The second-order valence-corrected chi connectivity index (χ2v) is 5.17. The van der Waals surface area contributed by atoms with Crippen LogP contribution in [0, 0.1) is 6.92 Å². The minimum atomic E-state index is -0.862. The minimum Gasteiger partial charge on any atom is -0.478 e. The second-order valence-electron chi connectivity index (χ2n) is 5.17. The molecule has 1 aromatic carbocycles. The summed E-state index contributed by atoms with van der Waals surface area (Å²) in [4.78, 5) is 11.0. The molecule has 0 aliphatic heterocycles. The van der Waals surface area contributed by atoms with Gasteiger partial charge in [0.15, 0.2) is 0 Å². The summed E-state index contributed by atoms with van der Waals surface area (Å²) in [5.74, 6) is -0.862. The van der Waals surface area contributed by atoms with Crippen LogP contribution in [0.2, 0.25) is 0 Å². The normalized spacial score (nSPS) is 17.2. The zero-order valence-corrected chi connectivity index (χ0v) is 10.9. The first-order valence-corrected chi connectivity index (χ1v) is 6.77. The number of hydrogen-bond acceptors (Lipinski definition) is 2. The van der Waals surface area contributed by atoms with Crippen LogP contribution in [0.5, 0.6) is 0 Å². The minimum absolute atomic E-state index is 0.358. The van der Waals surface area contributed by atoms with Gasteiger partial charge in [-0.25, -0.2) is 4.79 Å². The first-order valence-electron chi connectivity index (χ1n) is 6.77. The molecule has 18 heavy (non-hydrogen) atoms. The molecule has 1 saturated carbocycles. The van der Waals surface area contributed by atoms with Crippen LogP contribution in [0.15, 0.2) is 18.2 Å². The summed E-state index contributed by atoms with van der Waals surface area (Å²) in [5, 5.41) is 12.5. The predicted molar refractivity (Wildman–Crippen MR) is 73.3 cm³/mol. The van der Waals surface area contributed by atoms with Crippen molar-refractivity contribution in [1.29, 1.82) is 0 Å². The fourth-order valence-electron chi connectivity index (χ4n) is 2.55. The van der Waals surface area contributed by atoms with E-state index in [4.69, 9.17) is 5.11 Å². The molecule has 1 aromatic rings. The van der Waals surface area contributed by atoms with Gasteiger partial charge in [0.1, 0.15) is 0 Å². The molecule has 0 aromatic heterocycles. The van der Waals surface area contributed by atoms with Crippen molar-refractivity contribution >= 4 is 11.7 Å². The highest BCUT2D eigenvalue weighted by atomic mass is 16.4. The SMILES string of the molecule is Cc1ccc(C(=O)O)cc1NC1CCCCCC1. The summed E-state index contributed by atoms with van der Waals surface area (Å²) in [6, 6.07) is 5.79. The van der Waals surface area contributed by atoms with Crippen LogP contribution < -0.4 is 5.32 Å². The Kier molecular flexibility index (Phi) is 4.24. The monoisotopic (exact) mass is 247 g/mol. The first kappa shape index (κ1) is 12.9. The quantitative estimate of drug-likeness (QED) is 0.798. The third-order valence-electron chi connectivity index (χ3n) is 3.70. The van der Waals surface area contributed by atoms with Crippen molar-refractivity contribution in [3.05, 3.63) is 29.3 Å². The molecule has 2 N–H and O–H groups in total. The van der Waals surface area contributed by atoms with Crippen molar-refractivity contribution < 1.29 is 9.90 Å². The number of aryl methyl sites for hydroxylation is 1. The van der Waals surface area contributed by atoms with Gasteiger partial charge < -0.3 is 10.4 Å². The van der Waals surface area contributed by atoms with Crippen molar-refractivity contribution in [3.8, 4) is 0 Å². The lowest BCUT2D eigenvalue weighted by molar-refractivity contribution is 0.0697. The number of carboxylic acid groups (broad SMARTS) is 1. The average molecular weight is 247 g/mol. The molecule has 1 aliphatic rings. The Hall–Kier alpha value is -1.51. The van der Waals surface area contributed by atoms with E-state index in [9.17, 15) is 4.79 Å². The summed E-state index contributed by atoms with van der Waals surface area (Å²) in [6.07, 6.45) is 7.58. The Labute approximate surface area is 108 Å². The van der Waals surface area contributed by atoms with Gasteiger partial charge in [0.2, 0.25) is 0 Å². The third-order valence-corrected chi connectivity index (χ3v) is 3.70. The number of benzene rings is 1. The fraction of sp³-hybridized carbons (Fsp3) is 0.533. The molecule has 0 atom stereocenters. The number of nitrogens with one attached hydrogen (secondary N) is 1. The molecule has 2 rings (SSSR count). The lowest BCUT2D eigenvalue weighted by atomic mass is 10.1. The van der Waals surface area contributed by atoms with Crippen molar-refractivity contribution in [1.82, 2.24) is 0 Å². The zero-order chi connectivity index (χ0) is 13.0. The maximum absolute atomic E-state index is 11.0. The number of hydrogen-bond donors (Lipinski definition) is 2. The molecule has 3 heteroatoms. The molecule has 3 nitrogen and oxygen atoms in total. The maximum Gasteiger partial charge on any atom is 0.335 e. The molecule has 0 saturated heterocycles. The molecule has 1 fully saturated rings. The summed E-state index contributed by atoms with van der Waals surface area (Å²) in [6.45, 7) is 2.02. The Balaban J connectivity index is 2.11. The summed E-state index contributed by atoms with van der Waals surface area (Å²) >= 11 is 0. The molecular formula is C15H21NO2. The van der Waals surface area contributed by atoms with E-state index in [1.54, 1.807) is 12.1 Å². The van der Waals surface area contributed by atoms with E-state index in [1.807, 2.05) is 13.0 Å². The van der Waals surface area contributed by atoms with E-state index in [0.29, 0.717) is 11.6 Å². The van der Waals surface area contributed by atoms with Crippen molar-refractivity contribution in [2.45, 2.75) is 51.5 Å². The van der Waals surface area contributed by atoms with Gasteiger partial charge in [-0.1, -0.05) is 31.7 Å². The molecule has 0 radical (unpaired) electrons. The van der Waals surface area contributed by atoms with Crippen molar-refractivity contribution in [2.75, 3.05) is 5.32 Å². The highest BCUT2D eigenvalue weighted by Gasteiger charge is 2.13. The van der Waals surface area contributed by atoms with Crippen LogP contribution in [0.25, 0.3) is 0 Å². The Morgan fingerprint density at radius 2 is 1.89 bits per heavy atom. The molecule has 0 bridgehead atoms. The van der Waals surface area contributed by atoms with E-state index >= 15 is 0 Å². The predicted octanol–water partition coefficient (Wildman–Crippen LogP) is 3.83. The first-order chi connectivity index (χ1) is 8.66. The second kappa shape index (κ2) is 5.89. The third kappa shape index (κ3) is 3.25. The van der Waals surface area contributed by atoms with E-state index < -0.39 is 5.97 Å². The van der Waals surface area contributed by atoms with Gasteiger partial charge in [0.05, 0.1) is 5.56 Å². The van der Waals surface area contributed by atoms with Gasteiger partial charge >= 0.3 is 5.97 Å². The van der Waals surface area contributed by atoms with Crippen LogP contribution in [-0.4, -0.2) is 17.1 Å². The molecular weight excluding hydrogens is 226 g/mol. The van der Waals surface area contributed by atoms with E-state index in [-0.39, 0.29) is 0 Å². The highest BCUT2D eigenvalue weighted by molar-refractivity contribution is 5.89. The number of anilines is 1. The molecule has 0 heterocycles. The van der Waals surface area contributed by atoms with Gasteiger partial charge in [0.25, 0.3) is 0 Å². The van der Waals surface area contributed by atoms with E-state index in [1.165, 1.54) is 38.5 Å². The number of aromatic carboxylic acids is 1. The van der Waals surface area contributed by atoms with E-state index in [2.05, 4.69) is 5.32 Å². The molecule has 98 valence electrons. The number of carbonyl (C=O) groups is 1. The number of rotatable bonds is 3. The van der Waals surface area contributed by atoms with Gasteiger partial charge in [-0.3, -0.25) is 0 Å². The smallest absolute Gasteiger partial charge is 0.335 e. The van der Waals surface area contributed by atoms with Crippen LogP contribution in [-0.2, 0) is 0 Å². The molecule has 0 unspecified atom stereocenters. The van der Waals surface area contributed by atoms with Gasteiger partial charge in [-0.05, 0) is 37.5 Å². The summed E-state index contributed by atoms with van der Waals surface area (Å²) in [7, 11) is 0. The fourth-order valence-corrected chi connectivity index (χ4v) is 2.55. The summed E-state index contributed by atoms with van der Waals surface area (Å²) < 4.78 is 0. The largest absolute Gasteiger partial charge is 0.478 e. The van der Waals surface area contributed by atoms with E-state index in [0.717, 1.165) is 11.3 Å². The zero-order valence-electron chi connectivity index (χ0n) is 10.9. The topological polar surface area (TPSA) is 49.3 Å². The highest BCUT2D eigenvalue weighted by Crippen LogP contribution is 2.24. The Morgan fingerprint density at radius 1 is 1.22 bits per heavy atom. The van der Waals surface area contributed by atoms with Crippen LogP contribution in [0.1, 0.15) is 54.4 Å². The lowest BCUT2D eigenvalue weighted by Crippen LogP contribution is -2.19. The average Bonchev–Trinajstić information content (AvgIpc) is 2.60. The standard InChI is InChI=1S/C15H21NO2/c1-11-8-9-12(15(17)18)10-14(11)16-13-6-4-2-3-5-7-13/h8-10,13,16H,2-7H2,1H3,(H,17,18). The Morgan fingerprint density at radius 3 is 2.50 bits per heavy atom. The number of carboxylic acids is 1. The van der Waals surface area contributed by atoms with Gasteiger partial charge in [-0.15, -0.1) is 0 Å². The summed E-state index contributed by atoms with van der Waals surface area (Å²) in [5.41, 5.74) is 2.45. The maximum atomic E-state index is 11.0. The van der Waals surface area contributed by atoms with Crippen LogP contribution in [0.4, 0.5) is 5.69 Å².